The molecule has 1 aromatic carbocycles. The second kappa shape index (κ2) is 7.88. The van der Waals surface area contributed by atoms with E-state index in [1.165, 1.54) is 0 Å². The fourth-order valence-electron chi connectivity index (χ4n) is 1.49. The highest BCUT2D eigenvalue weighted by molar-refractivity contribution is 6.37. The standard InChI is InChI=1S/C14H21Cl2NO/c1-4-6-18-14-12(15)7-11(8-13(14)16)9-17-10(3)5-2/h7-8,10,17H,4-6,9H2,1-3H3/t10-/m0/s1. The van der Waals surface area contributed by atoms with Crippen molar-refractivity contribution in [3.8, 4) is 5.75 Å². The fourth-order valence-corrected chi connectivity index (χ4v) is 2.13. The van der Waals surface area contributed by atoms with Crippen molar-refractivity contribution >= 4 is 23.2 Å². The Labute approximate surface area is 120 Å². The Hall–Kier alpha value is -0.440. The van der Waals surface area contributed by atoms with Crippen LogP contribution in [0.25, 0.3) is 0 Å². The number of halogens is 2. The molecule has 0 saturated carbocycles. The van der Waals surface area contributed by atoms with Gasteiger partial charge in [-0.3, -0.25) is 0 Å². The van der Waals surface area contributed by atoms with E-state index in [1.807, 2.05) is 19.1 Å². The zero-order valence-corrected chi connectivity index (χ0v) is 12.7. The average Bonchev–Trinajstić information content (AvgIpc) is 2.35. The lowest BCUT2D eigenvalue weighted by Crippen LogP contribution is -2.24. The molecule has 0 saturated heterocycles. The van der Waals surface area contributed by atoms with Crippen LogP contribution in [0.2, 0.25) is 10.0 Å². The molecule has 4 heteroatoms. The minimum atomic E-state index is 0.485. The van der Waals surface area contributed by atoms with Gasteiger partial charge in [-0.25, -0.2) is 0 Å². The highest BCUT2D eigenvalue weighted by atomic mass is 35.5. The molecule has 2 nitrogen and oxygen atoms in total. The summed E-state index contributed by atoms with van der Waals surface area (Å²) in [5, 5.41) is 4.57. The highest BCUT2D eigenvalue weighted by Gasteiger charge is 2.10. The van der Waals surface area contributed by atoms with Crippen molar-refractivity contribution in [2.24, 2.45) is 0 Å². The summed E-state index contributed by atoms with van der Waals surface area (Å²) in [7, 11) is 0. The minimum absolute atomic E-state index is 0.485. The molecule has 1 rings (SSSR count). The molecule has 0 aromatic heterocycles. The molecule has 102 valence electrons. The third-order valence-corrected chi connectivity index (χ3v) is 3.34. The van der Waals surface area contributed by atoms with Gasteiger partial charge in [0.15, 0.2) is 5.75 Å². The van der Waals surface area contributed by atoms with Gasteiger partial charge in [0.1, 0.15) is 0 Å². The molecule has 18 heavy (non-hydrogen) atoms. The summed E-state index contributed by atoms with van der Waals surface area (Å²) < 4.78 is 5.53. The van der Waals surface area contributed by atoms with E-state index in [0.29, 0.717) is 28.4 Å². The van der Waals surface area contributed by atoms with Gasteiger partial charge in [0, 0.05) is 12.6 Å². The Balaban J connectivity index is 2.73. The quantitative estimate of drug-likeness (QED) is 0.788. The Kier molecular flexibility index (Phi) is 6.83. The van der Waals surface area contributed by atoms with Gasteiger partial charge in [-0.2, -0.15) is 0 Å². The summed E-state index contributed by atoms with van der Waals surface area (Å²) >= 11 is 12.4. The Morgan fingerprint density at radius 2 is 1.83 bits per heavy atom. The van der Waals surface area contributed by atoms with Gasteiger partial charge >= 0.3 is 0 Å². The van der Waals surface area contributed by atoms with E-state index in [-0.39, 0.29) is 0 Å². The molecular formula is C14H21Cl2NO. The molecule has 0 amide bonds. The Morgan fingerprint density at radius 3 is 2.33 bits per heavy atom. The van der Waals surface area contributed by atoms with Gasteiger partial charge in [0.25, 0.3) is 0 Å². The maximum Gasteiger partial charge on any atom is 0.156 e. The zero-order chi connectivity index (χ0) is 13.5. The van der Waals surface area contributed by atoms with E-state index in [2.05, 4.69) is 19.2 Å². The molecule has 1 atom stereocenters. The molecule has 0 radical (unpaired) electrons. The molecule has 0 spiro atoms. The third kappa shape index (κ3) is 4.68. The van der Waals surface area contributed by atoms with Crippen molar-refractivity contribution in [1.29, 1.82) is 0 Å². The van der Waals surface area contributed by atoms with Crippen LogP contribution in [0.3, 0.4) is 0 Å². The predicted octanol–water partition coefficient (Wildman–Crippen LogP) is 4.67. The average molecular weight is 290 g/mol. The molecule has 1 N–H and O–H groups in total. The number of ether oxygens (including phenoxy) is 1. The van der Waals surface area contributed by atoms with E-state index in [0.717, 1.165) is 24.9 Å². The first kappa shape index (κ1) is 15.6. The van der Waals surface area contributed by atoms with Crippen LogP contribution < -0.4 is 10.1 Å². The van der Waals surface area contributed by atoms with Crippen LogP contribution in [0.15, 0.2) is 12.1 Å². The van der Waals surface area contributed by atoms with E-state index in [1.54, 1.807) is 0 Å². The minimum Gasteiger partial charge on any atom is -0.490 e. The number of nitrogens with one attached hydrogen (secondary N) is 1. The van der Waals surface area contributed by atoms with E-state index in [4.69, 9.17) is 27.9 Å². The number of rotatable bonds is 7. The molecule has 1 aromatic rings. The zero-order valence-electron chi connectivity index (χ0n) is 11.2. The van der Waals surface area contributed by atoms with Crippen LogP contribution in [0, 0.1) is 0 Å². The summed E-state index contributed by atoms with van der Waals surface area (Å²) in [6.07, 6.45) is 2.03. The maximum absolute atomic E-state index is 6.18. The lowest BCUT2D eigenvalue weighted by Gasteiger charge is -2.14. The summed E-state index contributed by atoms with van der Waals surface area (Å²) in [6.45, 7) is 7.75. The van der Waals surface area contributed by atoms with Gasteiger partial charge < -0.3 is 10.1 Å². The van der Waals surface area contributed by atoms with Crippen LogP contribution in [0.1, 0.15) is 39.2 Å². The number of hydrogen-bond acceptors (Lipinski definition) is 2. The van der Waals surface area contributed by atoms with Crippen LogP contribution in [-0.4, -0.2) is 12.6 Å². The topological polar surface area (TPSA) is 21.3 Å². The summed E-state index contributed by atoms with van der Waals surface area (Å²) in [5.74, 6) is 0.590. The maximum atomic E-state index is 6.18. The highest BCUT2D eigenvalue weighted by Crippen LogP contribution is 2.34. The summed E-state index contributed by atoms with van der Waals surface area (Å²) in [5.41, 5.74) is 1.08. The molecule has 0 bridgehead atoms. The third-order valence-electron chi connectivity index (χ3n) is 2.78. The largest absolute Gasteiger partial charge is 0.490 e. The first-order valence-electron chi connectivity index (χ1n) is 6.42. The van der Waals surface area contributed by atoms with Crippen LogP contribution in [0.5, 0.6) is 5.75 Å². The van der Waals surface area contributed by atoms with Crippen molar-refractivity contribution in [1.82, 2.24) is 5.32 Å². The van der Waals surface area contributed by atoms with Crippen molar-refractivity contribution in [2.75, 3.05) is 6.61 Å². The smallest absolute Gasteiger partial charge is 0.156 e. The molecule has 0 aliphatic rings. The molecule has 0 fully saturated rings. The van der Waals surface area contributed by atoms with Gasteiger partial charge in [-0.1, -0.05) is 37.0 Å². The van der Waals surface area contributed by atoms with Gasteiger partial charge in [0.05, 0.1) is 16.7 Å². The van der Waals surface area contributed by atoms with E-state index in [9.17, 15) is 0 Å². The van der Waals surface area contributed by atoms with Gasteiger partial charge in [0.2, 0.25) is 0 Å². The van der Waals surface area contributed by atoms with Crippen LogP contribution in [-0.2, 0) is 6.54 Å². The van der Waals surface area contributed by atoms with Crippen molar-refractivity contribution in [3.05, 3.63) is 27.7 Å². The molecule has 0 unspecified atom stereocenters. The fraction of sp³-hybridized carbons (Fsp3) is 0.571. The first-order valence-corrected chi connectivity index (χ1v) is 7.18. The van der Waals surface area contributed by atoms with Gasteiger partial charge in [-0.15, -0.1) is 0 Å². The summed E-state index contributed by atoms with van der Waals surface area (Å²) in [6, 6.07) is 4.31. The predicted molar refractivity (Wildman–Crippen MR) is 78.8 cm³/mol. The van der Waals surface area contributed by atoms with E-state index >= 15 is 0 Å². The van der Waals surface area contributed by atoms with Gasteiger partial charge in [-0.05, 0) is 37.5 Å². The monoisotopic (exact) mass is 289 g/mol. The molecule has 0 aliphatic heterocycles. The van der Waals surface area contributed by atoms with E-state index < -0.39 is 0 Å². The number of hydrogen-bond donors (Lipinski definition) is 1. The van der Waals surface area contributed by atoms with Crippen LogP contribution in [0.4, 0.5) is 0 Å². The first-order chi connectivity index (χ1) is 8.58. The SMILES string of the molecule is CCCOc1c(Cl)cc(CN[C@@H](C)CC)cc1Cl. The molecular weight excluding hydrogens is 269 g/mol. The lowest BCUT2D eigenvalue weighted by molar-refractivity contribution is 0.317. The molecule has 0 heterocycles. The van der Waals surface area contributed by atoms with Crippen molar-refractivity contribution < 1.29 is 4.74 Å². The Bertz CT molecular complexity index is 359. The van der Waals surface area contributed by atoms with Crippen molar-refractivity contribution in [3.63, 3.8) is 0 Å². The molecule has 0 aliphatic carbocycles. The van der Waals surface area contributed by atoms with Crippen molar-refractivity contribution in [2.45, 2.75) is 46.2 Å². The second-order valence-electron chi connectivity index (χ2n) is 4.43. The lowest BCUT2D eigenvalue weighted by atomic mass is 10.2. The summed E-state index contributed by atoms with van der Waals surface area (Å²) in [4.78, 5) is 0. The Morgan fingerprint density at radius 1 is 1.22 bits per heavy atom. The second-order valence-corrected chi connectivity index (χ2v) is 5.24. The van der Waals surface area contributed by atoms with Crippen LogP contribution >= 0.6 is 23.2 Å². The normalized spacial score (nSPS) is 12.5. The number of benzene rings is 1.